The summed E-state index contributed by atoms with van der Waals surface area (Å²) >= 11 is 0. The molecule has 4 aromatic rings. The highest BCUT2D eigenvalue weighted by Gasteiger charge is 2.20. The molecule has 0 fully saturated rings. The normalized spacial score (nSPS) is 12.4. The molecule has 0 aliphatic rings. The first-order chi connectivity index (χ1) is 11.8. The van der Waals surface area contributed by atoms with Crippen LogP contribution in [0, 0.1) is 5.82 Å². The molecule has 4 rings (SSSR count). The number of para-hydroxylation sites is 2. The van der Waals surface area contributed by atoms with E-state index in [0.29, 0.717) is 11.4 Å². The summed E-state index contributed by atoms with van der Waals surface area (Å²) in [6.45, 7) is 2.12. The molecule has 0 N–H and O–H groups in total. The minimum absolute atomic E-state index is 0.0493. The summed E-state index contributed by atoms with van der Waals surface area (Å²) in [6, 6.07) is 25.0. The summed E-state index contributed by atoms with van der Waals surface area (Å²) in [4.78, 5) is 4.71. The molecular weight excluding hydrogens is 299 g/mol. The van der Waals surface area contributed by atoms with Gasteiger partial charge < -0.3 is 4.57 Å². The lowest BCUT2D eigenvalue weighted by atomic mass is 10.1. The van der Waals surface area contributed by atoms with Gasteiger partial charge in [-0.1, -0.05) is 54.6 Å². The molecular formula is C21H17FN2. The topological polar surface area (TPSA) is 17.8 Å². The molecule has 0 saturated carbocycles. The largest absolute Gasteiger partial charge is 0.317 e. The standard InChI is InChI=1S/C21H17FN2/c1-15(16-9-3-2-4-10-16)24-20-14-8-7-13-19(20)23-21(24)17-11-5-6-12-18(17)22/h2-15H,1H3. The smallest absolute Gasteiger partial charge is 0.144 e. The van der Waals surface area contributed by atoms with Gasteiger partial charge in [0.2, 0.25) is 0 Å². The number of imidazole rings is 1. The summed E-state index contributed by atoms with van der Waals surface area (Å²) in [7, 11) is 0. The summed E-state index contributed by atoms with van der Waals surface area (Å²) in [5.74, 6) is 0.403. The van der Waals surface area contributed by atoms with E-state index in [1.165, 1.54) is 11.6 Å². The van der Waals surface area contributed by atoms with Gasteiger partial charge in [-0.05, 0) is 36.8 Å². The van der Waals surface area contributed by atoms with Gasteiger partial charge in [-0.2, -0.15) is 0 Å². The van der Waals surface area contributed by atoms with Crippen molar-refractivity contribution in [1.29, 1.82) is 0 Å². The van der Waals surface area contributed by atoms with Gasteiger partial charge >= 0.3 is 0 Å². The van der Waals surface area contributed by atoms with Gasteiger partial charge in [0, 0.05) is 0 Å². The number of halogens is 1. The second-order valence-corrected chi connectivity index (χ2v) is 5.86. The monoisotopic (exact) mass is 316 g/mol. The summed E-state index contributed by atoms with van der Waals surface area (Å²) in [5.41, 5.74) is 3.57. The molecule has 118 valence electrons. The number of rotatable bonds is 3. The molecule has 1 atom stereocenters. The van der Waals surface area contributed by atoms with Gasteiger partial charge in [0.15, 0.2) is 0 Å². The Morgan fingerprint density at radius 2 is 1.50 bits per heavy atom. The SMILES string of the molecule is CC(c1ccccc1)n1c(-c2ccccc2F)nc2ccccc21. The molecule has 2 nitrogen and oxygen atoms in total. The molecule has 3 aromatic carbocycles. The highest BCUT2D eigenvalue weighted by molar-refractivity contribution is 5.81. The molecule has 3 heteroatoms. The Hall–Kier alpha value is -2.94. The molecule has 1 unspecified atom stereocenters. The van der Waals surface area contributed by atoms with Crippen molar-refractivity contribution in [3.63, 3.8) is 0 Å². The van der Waals surface area contributed by atoms with Crippen LogP contribution in [0.25, 0.3) is 22.4 Å². The van der Waals surface area contributed by atoms with Crippen LogP contribution in [0.3, 0.4) is 0 Å². The van der Waals surface area contributed by atoms with Gasteiger partial charge in [-0.25, -0.2) is 9.37 Å². The van der Waals surface area contributed by atoms with Crippen LogP contribution in [-0.2, 0) is 0 Å². The fourth-order valence-corrected chi connectivity index (χ4v) is 3.15. The minimum Gasteiger partial charge on any atom is -0.317 e. The Balaban J connectivity index is 1.99. The number of nitrogens with zero attached hydrogens (tertiary/aromatic N) is 2. The molecule has 0 radical (unpaired) electrons. The molecule has 0 spiro atoms. The summed E-state index contributed by atoms with van der Waals surface area (Å²) in [5, 5.41) is 0. The second-order valence-electron chi connectivity index (χ2n) is 5.86. The zero-order valence-electron chi connectivity index (χ0n) is 13.4. The molecule has 1 aromatic heterocycles. The first-order valence-electron chi connectivity index (χ1n) is 8.02. The first kappa shape index (κ1) is 14.6. The fourth-order valence-electron chi connectivity index (χ4n) is 3.15. The third kappa shape index (κ3) is 2.38. The van der Waals surface area contributed by atoms with Crippen LogP contribution >= 0.6 is 0 Å². The van der Waals surface area contributed by atoms with Crippen LogP contribution in [0.5, 0.6) is 0 Å². The average Bonchev–Trinajstić information content (AvgIpc) is 3.01. The maximum absolute atomic E-state index is 14.4. The van der Waals surface area contributed by atoms with Crippen LogP contribution in [-0.4, -0.2) is 9.55 Å². The van der Waals surface area contributed by atoms with Gasteiger partial charge in [0.25, 0.3) is 0 Å². The van der Waals surface area contributed by atoms with E-state index in [0.717, 1.165) is 11.0 Å². The molecule has 0 bridgehead atoms. The quantitative estimate of drug-likeness (QED) is 0.491. The van der Waals surface area contributed by atoms with E-state index in [2.05, 4.69) is 23.6 Å². The molecule has 0 saturated heterocycles. The fraction of sp³-hybridized carbons (Fsp3) is 0.0952. The Morgan fingerprint density at radius 1 is 0.833 bits per heavy atom. The van der Waals surface area contributed by atoms with E-state index >= 15 is 0 Å². The van der Waals surface area contributed by atoms with Crippen LogP contribution in [0.15, 0.2) is 78.9 Å². The molecule has 1 heterocycles. The Kier molecular flexibility index (Phi) is 3.62. The lowest BCUT2D eigenvalue weighted by Gasteiger charge is -2.18. The Bertz CT molecular complexity index is 989. The zero-order chi connectivity index (χ0) is 16.5. The highest BCUT2D eigenvalue weighted by atomic mass is 19.1. The van der Waals surface area contributed by atoms with Crippen LogP contribution in [0.1, 0.15) is 18.5 Å². The lowest BCUT2D eigenvalue weighted by Crippen LogP contribution is -2.09. The predicted molar refractivity (Wildman–Crippen MR) is 95.4 cm³/mol. The zero-order valence-corrected chi connectivity index (χ0v) is 13.4. The van der Waals surface area contributed by atoms with Crippen LogP contribution < -0.4 is 0 Å². The predicted octanol–water partition coefficient (Wildman–Crippen LogP) is 5.45. The summed E-state index contributed by atoms with van der Waals surface area (Å²) < 4.78 is 16.5. The highest BCUT2D eigenvalue weighted by Crippen LogP contribution is 2.32. The van der Waals surface area contributed by atoms with Crippen molar-refractivity contribution in [2.75, 3.05) is 0 Å². The molecule has 0 amide bonds. The van der Waals surface area contributed by atoms with E-state index in [4.69, 9.17) is 4.98 Å². The third-order valence-corrected chi connectivity index (χ3v) is 4.38. The molecule has 0 aliphatic carbocycles. The third-order valence-electron chi connectivity index (χ3n) is 4.38. The van der Waals surface area contributed by atoms with Crippen molar-refractivity contribution in [3.05, 3.63) is 90.2 Å². The van der Waals surface area contributed by atoms with Crippen molar-refractivity contribution < 1.29 is 4.39 Å². The van der Waals surface area contributed by atoms with E-state index in [1.807, 2.05) is 48.5 Å². The molecule has 0 aliphatic heterocycles. The van der Waals surface area contributed by atoms with Crippen molar-refractivity contribution >= 4 is 11.0 Å². The van der Waals surface area contributed by atoms with E-state index in [-0.39, 0.29) is 11.9 Å². The average molecular weight is 316 g/mol. The van der Waals surface area contributed by atoms with Gasteiger partial charge in [0.1, 0.15) is 11.6 Å². The van der Waals surface area contributed by atoms with Crippen molar-refractivity contribution in [2.24, 2.45) is 0 Å². The molecule has 24 heavy (non-hydrogen) atoms. The van der Waals surface area contributed by atoms with Crippen molar-refractivity contribution in [3.8, 4) is 11.4 Å². The summed E-state index contributed by atoms with van der Waals surface area (Å²) in [6.07, 6.45) is 0. The number of fused-ring (bicyclic) bond motifs is 1. The van der Waals surface area contributed by atoms with Crippen LogP contribution in [0.4, 0.5) is 4.39 Å². The van der Waals surface area contributed by atoms with Crippen molar-refractivity contribution in [2.45, 2.75) is 13.0 Å². The lowest BCUT2D eigenvalue weighted by molar-refractivity contribution is 0.621. The Labute approximate surface area is 140 Å². The number of hydrogen-bond donors (Lipinski definition) is 0. The first-order valence-corrected chi connectivity index (χ1v) is 8.02. The maximum atomic E-state index is 14.4. The van der Waals surface area contributed by atoms with Gasteiger partial charge in [-0.3, -0.25) is 0 Å². The number of hydrogen-bond acceptors (Lipinski definition) is 1. The van der Waals surface area contributed by atoms with Crippen molar-refractivity contribution in [1.82, 2.24) is 9.55 Å². The maximum Gasteiger partial charge on any atom is 0.144 e. The number of benzene rings is 3. The Morgan fingerprint density at radius 3 is 2.29 bits per heavy atom. The van der Waals surface area contributed by atoms with Gasteiger partial charge in [-0.15, -0.1) is 0 Å². The van der Waals surface area contributed by atoms with E-state index < -0.39 is 0 Å². The van der Waals surface area contributed by atoms with Gasteiger partial charge in [0.05, 0.1) is 22.6 Å². The number of aromatic nitrogens is 2. The van der Waals surface area contributed by atoms with Crippen LogP contribution in [0.2, 0.25) is 0 Å². The van der Waals surface area contributed by atoms with E-state index in [1.54, 1.807) is 12.1 Å². The van der Waals surface area contributed by atoms with E-state index in [9.17, 15) is 4.39 Å². The minimum atomic E-state index is -0.255. The second kappa shape index (κ2) is 5.93.